The highest BCUT2D eigenvalue weighted by atomic mass is 79.9. The molecule has 1 heterocycles. The Balaban J connectivity index is 0.625. The zero-order chi connectivity index (χ0) is 86.5. The first-order valence-corrected chi connectivity index (χ1v) is 50.2. The van der Waals surface area contributed by atoms with Crippen LogP contribution in [-0.2, 0) is 21.7 Å². The molecular formula is C122H131Br2N. The van der Waals surface area contributed by atoms with Crippen molar-refractivity contribution in [3.63, 3.8) is 0 Å². The Labute approximate surface area is 766 Å². The number of benzene rings is 13. The molecule has 0 unspecified atom stereocenters. The van der Waals surface area contributed by atoms with Crippen molar-refractivity contribution in [3.05, 3.63) is 312 Å². The summed E-state index contributed by atoms with van der Waals surface area (Å²) in [5.41, 5.74) is 46.9. The lowest BCUT2D eigenvalue weighted by atomic mass is 9.70. The van der Waals surface area contributed by atoms with Crippen LogP contribution in [-0.4, -0.2) is 4.57 Å². The van der Waals surface area contributed by atoms with Gasteiger partial charge in [-0.3, -0.25) is 0 Å². The third-order valence-electron chi connectivity index (χ3n) is 30.6. The van der Waals surface area contributed by atoms with Gasteiger partial charge in [-0.15, -0.1) is 0 Å². The summed E-state index contributed by atoms with van der Waals surface area (Å²) in [6, 6.07) is 94.3. The summed E-state index contributed by atoms with van der Waals surface area (Å²) in [5.74, 6) is 0. The van der Waals surface area contributed by atoms with Crippen LogP contribution in [0.15, 0.2) is 246 Å². The van der Waals surface area contributed by atoms with Crippen LogP contribution in [0.1, 0.15) is 302 Å². The fraction of sp³-hybridized carbons (Fsp3) is 0.361. The highest BCUT2D eigenvalue weighted by Gasteiger charge is 2.45. The van der Waals surface area contributed by atoms with Crippen molar-refractivity contribution in [1.82, 2.24) is 4.57 Å². The Bertz CT molecular complexity index is 5940. The van der Waals surface area contributed by atoms with Crippen LogP contribution in [0, 0.1) is 27.7 Å². The molecule has 638 valence electrons. The maximum Gasteiger partial charge on any atom is 0.0746 e. The van der Waals surface area contributed by atoms with Gasteiger partial charge in [0.25, 0.3) is 0 Å². The fourth-order valence-corrected chi connectivity index (χ4v) is 25.4. The van der Waals surface area contributed by atoms with Crippen molar-refractivity contribution in [1.29, 1.82) is 0 Å². The first-order valence-electron chi connectivity index (χ1n) is 48.7. The lowest BCUT2D eigenvalue weighted by molar-refractivity contribution is 0.398. The highest BCUT2D eigenvalue weighted by molar-refractivity contribution is 9.11. The predicted molar refractivity (Wildman–Crippen MR) is 547 cm³/mol. The number of nitrogens with zero attached hydrogens (tertiary/aromatic N) is 1. The van der Waals surface area contributed by atoms with Crippen LogP contribution in [0.2, 0.25) is 0 Å². The molecule has 4 aliphatic rings. The lowest BCUT2D eigenvalue weighted by Crippen LogP contribution is -2.25. The molecule has 0 saturated carbocycles. The summed E-state index contributed by atoms with van der Waals surface area (Å²) >= 11 is 8.08. The fourth-order valence-electron chi connectivity index (χ4n) is 24.1. The second-order valence-electron chi connectivity index (χ2n) is 39.5. The summed E-state index contributed by atoms with van der Waals surface area (Å²) < 4.78 is 4.53. The minimum Gasteiger partial charge on any atom is -0.307 e. The zero-order valence-corrected chi connectivity index (χ0v) is 80.2. The summed E-state index contributed by atoms with van der Waals surface area (Å²) in [6.07, 6.45) is 36.7. The number of hydrogen-bond donors (Lipinski definition) is 0. The van der Waals surface area contributed by atoms with E-state index in [9.17, 15) is 0 Å². The van der Waals surface area contributed by atoms with Gasteiger partial charge < -0.3 is 4.57 Å². The zero-order valence-electron chi connectivity index (χ0n) is 77.0. The van der Waals surface area contributed by atoms with Gasteiger partial charge in [0.1, 0.15) is 0 Å². The largest absolute Gasteiger partial charge is 0.307 e. The van der Waals surface area contributed by atoms with Gasteiger partial charge in [0.2, 0.25) is 0 Å². The Kier molecular flexibility index (Phi) is 25.1. The molecule has 1 nitrogen and oxygen atoms in total. The third-order valence-corrected chi connectivity index (χ3v) is 31.9. The number of aromatic nitrogens is 1. The molecular weight excluding hydrogens is 1640 g/mol. The molecule has 0 atom stereocenters. The average Bonchev–Trinajstić information content (AvgIpc) is 1.57. The van der Waals surface area contributed by atoms with Crippen LogP contribution in [0.5, 0.6) is 0 Å². The maximum absolute atomic E-state index is 4.04. The molecule has 3 heteroatoms. The molecule has 125 heavy (non-hydrogen) atoms. The van der Waals surface area contributed by atoms with Crippen molar-refractivity contribution in [2.24, 2.45) is 0 Å². The number of para-hydroxylation sites is 1. The number of unbranched alkanes of at least 4 members (excludes halogenated alkanes) is 20. The first-order chi connectivity index (χ1) is 60.8. The average molecular weight is 1770 g/mol. The van der Waals surface area contributed by atoms with Gasteiger partial charge in [0, 0.05) is 41.4 Å². The number of hydrogen-bond acceptors (Lipinski definition) is 0. The molecule has 4 aliphatic carbocycles. The van der Waals surface area contributed by atoms with Gasteiger partial charge in [-0.25, -0.2) is 0 Å². The Morgan fingerprint density at radius 1 is 0.232 bits per heavy atom. The molecule has 13 aromatic carbocycles. The normalized spacial score (nSPS) is 14.4. The quantitative estimate of drug-likeness (QED) is 0.0349. The Morgan fingerprint density at radius 3 is 0.800 bits per heavy atom. The molecule has 0 fully saturated rings. The van der Waals surface area contributed by atoms with Crippen molar-refractivity contribution >= 4 is 53.7 Å². The molecule has 0 N–H and O–H groups in total. The van der Waals surface area contributed by atoms with Crippen LogP contribution < -0.4 is 0 Å². The molecule has 0 aliphatic heterocycles. The monoisotopic (exact) mass is 1770 g/mol. The minimum absolute atomic E-state index is 0.0459. The number of aryl methyl sites for hydroxylation is 4. The molecule has 1 aromatic heterocycles. The van der Waals surface area contributed by atoms with Gasteiger partial charge >= 0.3 is 0 Å². The van der Waals surface area contributed by atoms with E-state index in [1.807, 2.05) is 0 Å². The van der Waals surface area contributed by atoms with E-state index >= 15 is 0 Å². The molecule has 0 radical (unpaired) electrons. The maximum atomic E-state index is 4.04. The third kappa shape index (κ3) is 15.9. The van der Waals surface area contributed by atoms with Crippen LogP contribution in [0.4, 0.5) is 0 Å². The Hall–Kier alpha value is -9.38. The van der Waals surface area contributed by atoms with Gasteiger partial charge in [0.05, 0.1) is 16.7 Å². The van der Waals surface area contributed by atoms with Crippen molar-refractivity contribution in [2.45, 2.75) is 285 Å². The van der Waals surface area contributed by atoms with E-state index in [1.165, 1.54) is 357 Å². The first kappa shape index (κ1) is 86.4. The predicted octanol–water partition coefficient (Wildman–Crippen LogP) is 37.7. The van der Waals surface area contributed by atoms with Crippen molar-refractivity contribution in [2.75, 3.05) is 0 Å². The van der Waals surface area contributed by atoms with Gasteiger partial charge in [-0.1, -0.05) is 373 Å². The van der Waals surface area contributed by atoms with E-state index in [1.54, 1.807) is 22.3 Å². The summed E-state index contributed by atoms with van der Waals surface area (Å²) in [7, 11) is 0. The summed E-state index contributed by atoms with van der Waals surface area (Å²) in [4.78, 5) is 0. The van der Waals surface area contributed by atoms with Crippen LogP contribution in [0.25, 0.3) is 139 Å². The smallest absolute Gasteiger partial charge is 0.0746 e. The van der Waals surface area contributed by atoms with Gasteiger partial charge in [0.15, 0.2) is 0 Å². The Morgan fingerprint density at radius 2 is 0.488 bits per heavy atom. The van der Waals surface area contributed by atoms with E-state index in [0.717, 1.165) is 14.6 Å². The highest BCUT2D eigenvalue weighted by Crippen LogP contribution is 2.60. The van der Waals surface area contributed by atoms with Gasteiger partial charge in [-0.05, 0) is 336 Å². The number of fused-ring (bicyclic) bond motifs is 15. The van der Waals surface area contributed by atoms with Crippen molar-refractivity contribution < 1.29 is 0 Å². The van der Waals surface area contributed by atoms with Crippen LogP contribution in [0.3, 0.4) is 0 Å². The van der Waals surface area contributed by atoms with E-state index in [4.69, 9.17) is 0 Å². The summed E-state index contributed by atoms with van der Waals surface area (Å²) in [5, 5.41) is 2.46. The molecule has 0 spiro atoms. The van der Waals surface area contributed by atoms with E-state index in [-0.39, 0.29) is 21.7 Å². The lowest BCUT2D eigenvalue weighted by Gasteiger charge is -2.33. The number of halogens is 2. The van der Waals surface area contributed by atoms with Gasteiger partial charge in [-0.2, -0.15) is 0 Å². The standard InChI is InChI=1S/C122H131Br2N/c1-13-17-21-25-29-37-64-121(65-38-30-26-22-18-14-2)104-44-35-33-42-94(104)100-60-50-86(78-110(100)121)84-48-56-96-98-58-52-88(76-108(98)119(9,10)106(96)74-84)92-68-80(5)116(81(6)69-92)90-54-62-114-102(72-90)103-73-91(55-63-115(103)125(114)118-112(123)46-41-47-113(118)124)117-82(7)70-93(71-83(117)8)89-53-59-99-97-57-49-85(75-107(97)120(11,12)109(99)77-89)87-51-61-101-95-43-34-36-45-105(95)122(111(101)79-87,66-39-31-27-23-19-15-3)67-40-32-28-24-20-16-4/h33-36,41-63,68-79H,13-32,37-40,64-67H2,1-12H3. The SMILES string of the molecule is CCCCCCCCC1(CCCCCCCC)c2ccccc2-c2ccc(-c3ccc4c(c3)C(C)(C)c3cc(-c5cc(C)c(-c6ccc7c(c6)c6cc(-c8c(C)cc(-c9ccc%10c(c9)C(C)(C)c9cc(-c%11ccc%12c(c%11)C(CCCCCCCC)(CCCCCCCC)c%11ccccc%11-%12)ccc9-%10)cc8C)ccc6n7-c6c(Br)cccc6Br)c(C)c5)ccc3-4)cc21. The molecule has 0 saturated heterocycles. The number of rotatable bonds is 35. The molecule has 0 bridgehead atoms. The molecule has 14 aromatic rings. The topological polar surface area (TPSA) is 4.93 Å². The second kappa shape index (κ2) is 36.4. The van der Waals surface area contributed by atoms with E-state index < -0.39 is 0 Å². The summed E-state index contributed by atoms with van der Waals surface area (Å²) in [6.45, 7) is 28.5. The van der Waals surface area contributed by atoms with Crippen molar-refractivity contribution in [3.8, 4) is 117 Å². The van der Waals surface area contributed by atoms with E-state index in [2.05, 4.69) is 356 Å². The van der Waals surface area contributed by atoms with Crippen LogP contribution >= 0.6 is 31.9 Å². The molecule has 0 amide bonds. The minimum atomic E-state index is -0.192. The van der Waals surface area contributed by atoms with E-state index in [0.29, 0.717) is 0 Å². The second-order valence-corrected chi connectivity index (χ2v) is 41.2. The molecule has 18 rings (SSSR count).